The smallest absolute Gasteiger partial charge is 0.343 e. The molecule has 0 aromatic heterocycles. The van der Waals surface area contributed by atoms with Gasteiger partial charge in [0, 0.05) is 24.7 Å². The summed E-state index contributed by atoms with van der Waals surface area (Å²) in [6.07, 6.45) is 0. The molecule has 3 heterocycles. The second-order valence-corrected chi connectivity index (χ2v) is 21.6. The van der Waals surface area contributed by atoms with Gasteiger partial charge >= 0.3 is 41.7 Å². The Morgan fingerprint density at radius 2 is 0.580 bits per heavy atom. The molecule has 3 aliphatic heterocycles. The van der Waals surface area contributed by atoms with Crippen LogP contribution in [-0.2, 0) is 29.7 Å². The summed E-state index contributed by atoms with van der Waals surface area (Å²) in [6.45, 7) is 8.54. The molecule has 408 valence electrons. The van der Waals surface area contributed by atoms with Gasteiger partial charge in [0.15, 0.2) is 0 Å². The lowest BCUT2D eigenvalue weighted by molar-refractivity contribution is -0.133. The maximum atomic E-state index is 13.5. The van der Waals surface area contributed by atoms with Crippen LogP contribution < -0.4 is 29.4 Å². The molecular weight excluding hydrogens is 1220 g/mol. The zero-order valence-electron chi connectivity index (χ0n) is 44.0. The maximum absolute atomic E-state index is 13.5. The van der Waals surface area contributed by atoms with Crippen molar-refractivity contribution in [2.75, 3.05) is 29.4 Å². The van der Waals surface area contributed by atoms with E-state index in [9.17, 15) is 43.5 Å². The van der Waals surface area contributed by atoms with Gasteiger partial charge in [0.1, 0.15) is 0 Å². The van der Waals surface area contributed by atoms with Crippen LogP contribution in [-0.4, -0.2) is 52.7 Å². The van der Waals surface area contributed by atoms with Crippen LogP contribution in [0.1, 0.15) is 56.2 Å². The summed E-state index contributed by atoms with van der Waals surface area (Å²) in [5.41, 5.74) is 3.02. The minimum Gasteiger partial charge on any atom is -0.359 e. The van der Waals surface area contributed by atoms with Gasteiger partial charge in [-0.25, -0.2) is 38.9 Å². The molecule has 0 spiro atoms. The third-order valence-electron chi connectivity index (χ3n) is 12.9. The number of para-hydroxylation sites is 4. The van der Waals surface area contributed by atoms with E-state index in [0.29, 0.717) is 51.5 Å². The van der Waals surface area contributed by atoms with Gasteiger partial charge in [-0.1, -0.05) is 185 Å². The van der Waals surface area contributed by atoms with Crippen molar-refractivity contribution in [3.8, 4) is 0 Å². The Morgan fingerprint density at radius 1 is 0.321 bits per heavy atom. The molecule has 11 rings (SSSR count). The number of halogens is 3. The van der Waals surface area contributed by atoms with Crippen LogP contribution in [0.25, 0.3) is 0 Å². The SMILES string of the molecule is CC(C)c1ccc(Br)cc1.CC(C)c1ccc(C2(O)C(=O)N(c3ccccc3)C(=O)N2c2ccccc2)cc1.O=C1C(=O)N(c2ccc(Br)cc2)C(=O)N1c1ccc(Br)cc1.O=C1C(=O)N(c2ccccc2)C(=O)N1c1ccccc1. The lowest BCUT2D eigenvalue weighted by Crippen LogP contribution is -2.47. The van der Waals surface area contributed by atoms with E-state index >= 15 is 0 Å². The van der Waals surface area contributed by atoms with Crippen LogP contribution in [0.4, 0.5) is 48.5 Å². The number of rotatable bonds is 9. The first-order valence-corrected chi connectivity index (χ1v) is 27.6. The molecule has 0 saturated carbocycles. The standard InChI is InChI=1S/C24H22N2O3.C15H8Br2N2O3.C15H10N2O3.C9H11Br/c1-17(2)18-13-15-19(16-14-18)24(29)22(27)25(20-9-5-3-6-10-20)23(28)26(24)21-11-7-4-8-12-21;16-9-1-5-11(6-2-9)18-13(20)14(21)19(15(18)22)12-7-3-10(17)4-8-12;18-13-14(19)17(12-9-5-2-6-10-12)15(20)16(13)11-7-3-1-4-8-11;1-7(2)8-3-5-9(10)6-4-8/h3-17,29H,1-2H3;1-8H;1-10H;3-7H,1-2H3. The number of amides is 11. The van der Waals surface area contributed by atoms with Crippen LogP contribution in [0.3, 0.4) is 0 Å². The minimum atomic E-state index is -2.14. The fourth-order valence-electron chi connectivity index (χ4n) is 8.63. The second kappa shape index (κ2) is 25.6. The number of hydrogen-bond donors (Lipinski definition) is 1. The monoisotopic (exact) mass is 1270 g/mol. The molecule has 81 heavy (non-hydrogen) atoms. The van der Waals surface area contributed by atoms with Gasteiger partial charge in [0.05, 0.1) is 28.4 Å². The molecule has 0 aliphatic carbocycles. The zero-order valence-corrected chi connectivity index (χ0v) is 48.7. The van der Waals surface area contributed by atoms with Crippen molar-refractivity contribution in [2.24, 2.45) is 0 Å². The molecule has 0 radical (unpaired) electrons. The number of hydrogen-bond acceptors (Lipinski definition) is 9. The van der Waals surface area contributed by atoms with Crippen LogP contribution >= 0.6 is 47.8 Å². The highest BCUT2D eigenvalue weighted by Crippen LogP contribution is 2.41. The molecule has 0 bridgehead atoms. The largest absolute Gasteiger partial charge is 0.359 e. The normalized spacial score (nSPS) is 16.0. The molecule has 3 aliphatic rings. The van der Waals surface area contributed by atoms with Crippen molar-refractivity contribution in [1.29, 1.82) is 0 Å². The maximum Gasteiger partial charge on any atom is 0.343 e. The molecule has 3 fully saturated rings. The molecule has 1 unspecified atom stereocenters. The predicted molar refractivity (Wildman–Crippen MR) is 323 cm³/mol. The number of aliphatic hydroxyl groups is 1. The Balaban J connectivity index is 0.000000149. The Kier molecular flexibility index (Phi) is 18.5. The summed E-state index contributed by atoms with van der Waals surface area (Å²) in [4.78, 5) is 106. The van der Waals surface area contributed by atoms with Gasteiger partial charge in [-0.3, -0.25) is 28.9 Å². The average Bonchev–Trinajstić information content (AvgIpc) is 4.13. The number of imide groups is 5. The minimum absolute atomic E-state index is 0.311. The third kappa shape index (κ3) is 12.5. The molecule has 15 nitrogen and oxygen atoms in total. The highest BCUT2D eigenvalue weighted by atomic mass is 79.9. The topological polar surface area (TPSA) is 176 Å². The molecule has 8 aromatic carbocycles. The van der Waals surface area contributed by atoms with E-state index in [0.717, 1.165) is 48.4 Å². The highest BCUT2D eigenvalue weighted by molar-refractivity contribution is 9.11. The zero-order chi connectivity index (χ0) is 58.1. The van der Waals surface area contributed by atoms with Crippen LogP contribution in [0.2, 0.25) is 0 Å². The van der Waals surface area contributed by atoms with E-state index in [1.807, 2.05) is 18.2 Å². The highest BCUT2D eigenvalue weighted by Gasteiger charge is 2.59. The first-order chi connectivity index (χ1) is 38.8. The van der Waals surface area contributed by atoms with E-state index in [1.165, 1.54) is 5.56 Å². The summed E-state index contributed by atoms with van der Waals surface area (Å²) in [5.74, 6) is -3.17. The summed E-state index contributed by atoms with van der Waals surface area (Å²) in [6, 6.07) is 61.0. The van der Waals surface area contributed by atoms with E-state index in [2.05, 4.69) is 99.8 Å². The van der Waals surface area contributed by atoms with Gasteiger partial charge < -0.3 is 5.11 Å². The van der Waals surface area contributed by atoms with Crippen LogP contribution in [0, 0.1) is 0 Å². The second-order valence-electron chi connectivity index (χ2n) is 18.8. The first kappa shape index (κ1) is 58.5. The Labute approximate surface area is 493 Å². The molecule has 1 atom stereocenters. The summed E-state index contributed by atoms with van der Waals surface area (Å²) >= 11 is 9.96. The number of urea groups is 3. The first-order valence-electron chi connectivity index (χ1n) is 25.3. The molecule has 1 N–H and O–H groups in total. The summed E-state index contributed by atoms with van der Waals surface area (Å²) < 4.78 is 2.77. The van der Waals surface area contributed by atoms with Gasteiger partial charge in [-0.2, -0.15) is 0 Å². The van der Waals surface area contributed by atoms with Crippen molar-refractivity contribution in [2.45, 2.75) is 45.3 Å². The Bertz CT molecular complexity index is 3470. The molecule has 8 aromatic rings. The number of benzene rings is 8. The van der Waals surface area contributed by atoms with Gasteiger partial charge in [0.25, 0.3) is 11.6 Å². The predicted octanol–water partition coefficient (Wildman–Crippen LogP) is 14.1. The fourth-order valence-corrected chi connectivity index (χ4v) is 9.42. The molecule has 18 heteroatoms. The number of carbonyl (C=O) groups excluding carboxylic acids is 8. The van der Waals surface area contributed by atoms with Crippen molar-refractivity contribution >= 4 is 130 Å². The van der Waals surface area contributed by atoms with Gasteiger partial charge in [-0.05, 0) is 132 Å². The molecule has 11 amide bonds. The molecular formula is C63H51Br3N6O9. The Hall–Kier alpha value is -8.68. The quantitative estimate of drug-likeness (QED) is 0.109. The van der Waals surface area contributed by atoms with E-state index in [1.54, 1.807) is 176 Å². The van der Waals surface area contributed by atoms with E-state index in [4.69, 9.17) is 0 Å². The average molecular weight is 1280 g/mol. The lowest BCUT2D eigenvalue weighted by atomic mass is 9.96. The van der Waals surface area contributed by atoms with Crippen LogP contribution in [0.15, 0.2) is 232 Å². The van der Waals surface area contributed by atoms with Crippen molar-refractivity contribution in [3.05, 3.63) is 248 Å². The third-order valence-corrected chi connectivity index (χ3v) is 14.5. The lowest BCUT2D eigenvalue weighted by Gasteiger charge is -2.30. The number of anilines is 6. The number of nitrogens with zero attached hydrogens (tertiary/aromatic N) is 6. The van der Waals surface area contributed by atoms with Crippen molar-refractivity contribution in [3.63, 3.8) is 0 Å². The van der Waals surface area contributed by atoms with Gasteiger partial charge in [0.2, 0.25) is 0 Å². The van der Waals surface area contributed by atoms with E-state index < -0.39 is 53.4 Å². The summed E-state index contributed by atoms with van der Waals surface area (Å²) in [7, 11) is 0. The van der Waals surface area contributed by atoms with Gasteiger partial charge in [-0.15, -0.1) is 0 Å². The fraction of sp³-hybridized carbons (Fsp3) is 0.111. The number of carbonyl (C=O) groups is 8. The molecule has 3 saturated heterocycles. The van der Waals surface area contributed by atoms with Crippen molar-refractivity contribution in [1.82, 2.24) is 0 Å². The summed E-state index contributed by atoms with van der Waals surface area (Å²) in [5, 5.41) is 11.7. The van der Waals surface area contributed by atoms with Crippen molar-refractivity contribution < 1.29 is 43.5 Å². The van der Waals surface area contributed by atoms with Crippen LogP contribution in [0.5, 0.6) is 0 Å². The Morgan fingerprint density at radius 3 is 0.889 bits per heavy atom. The van der Waals surface area contributed by atoms with E-state index in [-0.39, 0.29) is 0 Å².